The highest BCUT2D eigenvalue weighted by atomic mass is 32.1. The topological polar surface area (TPSA) is 64.6 Å². The molecule has 0 aliphatic rings. The van der Waals surface area contributed by atoms with Crippen LogP contribution in [0.1, 0.15) is 32.5 Å². The van der Waals surface area contributed by atoms with Crippen LogP contribution in [0.25, 0.3) is 0 Å². The zero-order valence-electron chi connectivity index (χ0n) is 15.0. The average Bonchev–Trinajstić information content (AvgIpc) is 3.16. The number of methoxy groups -OCH3 is 1. The minimum atomic E-state index is -0.191. The van der Waals surface area contributed by atoms with Crippen LogP contribution in [0.2, 0.25) is 0 Å². The van der Waals surface area contributed by atoms with E-state index >= 15 is 0 Å². The van der Waals surface area contributed by atoms with E-state index in [4.69, 9.17) is 9.47 Å². The van der Waals surface area contributed by atoms with Gasteiger partial charge in [-0.15, -0.1) is 11.3 Å². The predicted octanol–water partition coefficient (Wildman–Crippen LogP) is 4.79. The Balaban J connectivity index is 1.59. The van der Waals surface area contributed by atoms with Crippen molar-refractivity contribution in [1.82, 2.24) is 0 Å². The molecule has 5 nitrogen and oxygen atoms in total. The molecule has 0 spiro atoms. The summed E-state index contributed by atoms with van der Waals surface area (Å²) in [5.74, 6) is 1.24. The van der Waals surface area contributed by atoms with Crippen LogP contribution in [0.3, 0.4) is 0 Å². The Morgan fingerprint density at radius 1 is 1.04 bits per heavy atom. The summed E-state index contributed by atoms with van der Waals surface area (Å²) in [5.41, 5.74) is 2.17. The summed E-state index contributed by atoms with van der Waals surface area (Å²) in [4.78, 5) is 24.3. The van der Waals surface area contributed by atoms with Crippen molar-refractivity contribution in [3.63, 3.8) is 0 Å². The lowest BCUT2D eigenvalue weighted by Crippen LogP contribution is -2.10. The molecule has 0 fully saturated rings. The number of benzene rings is 2. The first-order valence-corrected chi connectivity index (χ1v) is 9.20. The normalized spacial score (nSPS) is 10.3. The average molecular weight is 381 g/mol. The number of rotatable bonds is 7. The van der Waals surface area contributed by atoms with Crippen molar-refractivity contribution in [3.8, 4) is 11.5 Å². The molecule has 0 unspecified atom stereocenters. The van der Waals surface area contributed by atoms with Gasteiger partial charge in [-0.05, 0) is 54.8 Å². The van der Waals surface area contributed by atoms with Gasteiger partial charge in [0.1, 0.15) is 18.1 Å². The van der Waals surface area contributed by atoms with Crippen LogP contribution in [-0.2, 0) is 6.61 Å². The third kappa shape index (κ3) is 4.95. The molecule has 2 aromatic carbocycles. The molecule has 0 aliphatic carbocycles. The first-order chi connectivity index (χ1) is 13.0. The van der Waals surface area contributed by atoms with E-state index in [0.29, 0.717) is 28.5 Å². The third-order valence-corrected chi connectivity index (χ3v) is 4.85. The molecule has 1 aromatic heterocycles. The van der Waals surface area contributed by atoms with E-state index in [0.717, 1.165) is 11.3 Å². The Kier molecular flexibility index (Phi) is 5.88. The summed E-state index contributed by atoms with van der Waals surface area (Å²) >= 11 is 1.36. The molecule has 27 heavy (non-hydrogen) atoms. The van der Waals surface area contributed by atoms with Crippen molar-refractivity contribution in [3.05, 3.63) is 76.0 Å². The Labute approximate surface area is 161 Å². The maximum absolute atomic E-state index is 12.4. The quantitative estimate of drug-likeness (QED) is 0.598. The summed E-state index contributed by atoms with van der Waals surface area (Å²) in [6.07, 6.45) is 0. The molecule has 3 aromatic rings. The smallest absolute Gasteiger partial charge is 0.265 e. The van der Waals surface area contributed by atoms with Crippen molar-refractivity contribution in [1.29, 1.82) is 0 Å². The van der Waals surface area contributed by atoms with E-state index in [1.54, 1.807) is 31.4 Å². The molecule has 0 radical (unpaired) electrons. The first kappa shape index (κ1) is 18.7. The number of hydrogen-bond donors (Lipinski definition) is 1. The molecule has 1 N–H and O–H groups in total. The van der Waals surface area contributed by atoms with Crippen LogP contribution < -0.4 is 14.8 Å². The lowest BCUT2D eigenvalue weighted by Gasteiger charge is -2.06. The molecular weight excluding hydrogens is 362 g/mol. The third-order valence-electron chi connectivity index (χ3n) is 3.87. The predicted molar refractivity (Wildman–Crippen MR) is 106 cm³/mol. The van der Waals surface area contributed by atoms with Crippen molar-refractivity contribution in [2.45, 2.75) is 13.5 Å². The molecule has 0 saturated carbocycles. The Hall–Kier alpha value is -3.12. The lowest BCUT2D eigenvalue weighted by molar-refractivity contribution is 0.101. The van der Waals surface area contributed by atoms with E-state index < -0.39 is 0 Å². The highest BCUT2D eigenvalue weighted by molar-refractivity contribution is 7.12. The van der Waals surface area contributed by atoms with Crippen LogP contribution in [-0.4, -0.2) is 18.8 Å². The van der Waals surface area contributed by atoms with Gasteiger partial charge in [0.25, 0.3) is 5.91 Å². The van der Waals surface area contributed by atoms with Crippen molar-refractivity contribution in [2.75, 3.05) is 12.4 Å². The molecular formula is C21H19NO4S. The fraction of sp³-hybridized carbons (Fsp3) is 0.143. The van der Waals surface area contributed by atoms with Gasteiger partial charge in [0.2, 0.25) is 0 Å². The molecule has 0 aliphatic heterocycles. The number of amides is 1. The minimum absolute atomic E-state index is 0.00758. The molecule has 0 saturated heterocycles. The zero-order chi connectivity index (χ0) is 19.2. The van der Waals surface area contributed by atoms with Gasteiger partial charge in [-0.3, -0.25) is 9.59 Å². The molecule has 3 rings (SSSR count). The van der Waals surface area contributed by atoms with Crippen LogP contribution in [0, 0.1) is 0 Å². The van der Waals surface area contributed by atoms with E-state index in [2.05, 4.69) is 5.32 Å². The second-order valence-corrected chi connectivity index (χ2v) is 6.79. The fourth-order valence-electron chi connectivity index (χ4n) is 2.41. The van der Waals surface area contributed by atoms with Crippen LogP contribution in [0.4, 0.5) is 5.69 Å². The second kappa shape index (κ2) is 8.51. The number of hydrogen-bond acceptors (Lipinski definition) is 5. The molecule has 1 amide bonds. The minimum Gasteiger partial charge on any atom is -0.497 e. The molecule has 1 heterocycles. The number of ketones is 1. The highest BCUT2D eigenvalue weighted by Crippen LogP contribution is 2.22. The SMILES string of the molecule is COc1cccc(OCc2csc(C(=O)Nc3ccc(C(C)=O)cc3)c2)c1. The Morgan fingerprint density at radius 2 is 1.78 bits per heavy atom. The van der Waals surface area contributed by atoms with Crippen LogP contribution in [0.5, 0.6) is 11.5 Å². The number of ether oxygens (including phenoxy) is 2. The molecule has 138 valence electrons. The lowest BCUT2D eigenvalue weighted by atomic mass is 10.1. The van der Waals surface area contributed by atoms with Crippen molar-refractivity contribution < 1.29 is 19.1 Å². The highest BCUT2D eigenvalue weighted by Gasteiger charge is 2.10. The summed E-state index contributed by atoms with van der Waals surface area (Å²) in [6.45, 7) is 1.87. The molecule has 0 bridgehead atoms. The van der Waals surface area contributed by atoms with Crippen molar-refractivity contribution >= 4 is 28.7 Å². The van der Waals surface area contributed by atoms with Gasteiger partial charge in [-0.1, -0.05) is 6.07 Å². The maximum Gasteiger partial charge on any atom is 0.265 e. The number of nitrogens with one attached hydrogen (secondary N) is 1. The van der Waals surface area contributed by atoms with Crippen LogP contribution in [0.15, 0.2) is 60.0 Å². The fourth-order valence-corrected chi connectivity index (χ4v) is 3.20. The number of anilines is 1. The summed E-state index contributed by atoms with van der Waals surface area (Å²) in [7, 11) is 1.61. The summed E-state index contributed by atoms with van der Waals surface area (Å²) < 4.78 is 10.9. The Morgan fingerprint density at radius 3 is 2.48 bits per heavy atom. The van der Waals surface area contributed by atoms with Gasteiger partial charge in [-0.2, -0.15) is 0 Å². The standard InChI is InChI=1S/C21H19NO4S/c1-14(23)16-6-8-17(9-7-16)22-21(24)20-10-15(13-27-20)12-26-19-5-3-4-18(11-19)25-2/h3-11,13H,12H2,1-2H3,(H,22,24). The number of carbonyl (C=O) groups excluding carboxylic acids is 2. The summed E-state index contributed by atoms with van der Waals surface area (Å²) in [6, 6.07) is 16.0. The largest absolute Gasteiger partial charge is 0.497 e. The van der Waals surface area contributed by atoms with Gasteiger partial charge in [0, 0.05) is 22.9 Å². The first-order valence-electron chi connectivity index (χ1n) is 8.32. The summed E-state index contributed by atoms with van der Waals surface area (Å²) in [5, 5.41) is 4.73. The number of thiophene rings is 1. The van der Waals surface area contributed by atoms with Crippen LogP contribution >= 0.6 is 11.3 Å². The van der Waals surface area contributed by atoms with Crippen molar-refractivity contribution in [2.24, 2.45) is 0 Å². The van der Waals surface area contributed by atoms with E-state index in [9.17, 15) is 9.59 Å². The van der Waals surface area contributed by atoms with Gasteiger partial charge >= 0.3 is 0 Å². The molecule has 0 atom stereocenters. The maximum atomic E-state index is 12.4. The monoisotopic (exact) mass is 381 g/mol. The number of carbonyl (C=O) groups is 2. The van der Waals surface area contributed by atoms with E-state index in [-0.39, 0.29) is 11.7 Å². The van der Waals surface area contributed by atoms with Gasteiger partial charge in [-0.25, -0.2) is 0 Å². The number of Topliss-reactive ketones (excluding diaryl/α,β-unsaturated/α-hetero) is 1. The van der Waals surface area contributed by atoms with E-state index in [1.807, 2.05) is 35.7 Å². The van der Waals surface area contributed by atoms with E-state index in [1.165, 1.54) is 18.3 Å². The van der Waals surface area contributed by atoms with Gasteiger partial charge in [0.05, 0.1) is 12.0 Å². The second-order valence-electron chi connectivity index (χ2n) is 5.87. The van der Waals surface area contributed by atoms with Gasteiger partial charge < -0.3 is 14.8 Å². The Bertz CT molecular complexity index is 947. The van der Waals surface area contributed by atoms with Gasteiger partial charge in [0.15, 0.2) is 5.78 Å². The molecule has 6 heteroatoms. The zero-order valence-corrected chi connectivity index (χ0v) is 15.8.